The smallest absolute Gasteiger partial charge is 0.231 e. The Balaban J connectivity index is 1.41. The molecule has 29 heavy (non-hydrogen) atoms. The maximum Gasteiger partial charge on any atom is 0.231 e. The molecule has 1 atom stereocenters. The molecule has 8 heteroatoms. The number of rotatable bonds is 7. The lowest BCUT2D eigenvalue weighted by Gasteiger charge is -2.22. The Morgan fingerprint density at radius 2 is 2.03 bits per heavy atom. The first-order chi connectivity index (χ1) is 14.2. The number of carbonyl (C=O) groups is 1. The third-order valence-corrected chi connectivity index (χ3v) is 7.13. The average Bonchev–Trinajstić information content (AvgIpc) is 3.44. The zero-order valence-corrected chi connectivity index (χ0v) is 18.1. The molecule has 0 radical (unpaired) electrons. The highest BCUT2D eigenvalue weighted by Crippen LogP contribution is 2.30. The van der Waals surface area contributed by atoms with Crippen LogP contribution in [0.2, 0.25) is 0 Å². The molecule has 1 N–H and O–H groups in total. The van der Waals surface area contributed by atoms with Gasteiger partial charge in [-0.2, -0.15) is 0 Å². The summed E-state index contributed by atoms with van der Waals surface area (Å²) < 4.78 is 1.91. The van der Waals surface area contributed by atoms with Crippen molar-refractivity contribution in [1.29, 1.82) is 0 Å². The lowest BCUT2D eigenvalue weighted by atomic mass is 9.96. The Labute approximate surface area is 179 Å². The van der Waals surface area contributed by atoms with Gasteiger partial charge in [-0.05, 0) is 47.2 Å². The molecule has 0 bridgehead atoms. The van der Waals surface area contributed by atoms with Gasteiger partial charge in [-0.3, -0.25) is 4.79 Å². The van der Waals surface area contributed by atoms with Crippen LogP contribution in [0, 0.1) is 6.92 Å². The zero-order valence-electron chi connectivity index (χ0n) is 16.5. The number of hydrogen-bond donors (Lipinski definition) is 1. The molecule has 1 fully saturated rings. The van der Waals surface area contributed by atoms with Gasteiger partial charge in [0.2, 0.25) is 11.1 Å². The van der Waals surface area contributed by atoms with Crippen LogP contribution in [-0.2, 0) is 4.79 Å². The average molecular weight is 428 g/mol. The third kappa shape index (κ3) is 5.05. The second kappa shape index (κ2) is 9.54. The van der Waals surface area contributed by atoms with Gasteiger partial charge in [-0.25, -0.2) is 4.68 Å². The van der Waals surface area contributed by atoms with Gasteiger partial charge < -0.3 is 5.32 Å². The van der Waals surface area contributed by atoms with Crippen LogP contribution in [0.15, 0.2) is 46.9 Å². The van der Waals surface area contributed by atoms with Crippen LogP contribution in [-0.4, -0.2) is 31.9 Å². The van der Waals surface area contributed by atoms with E-state index >= 15 is 0 Å². The maximum absolute atomic E-state index is 12.8. The number of tetrazole rings is 1. The second-order valence-corrected chi connectivity index (χ2v) is 9.33. The molecule has 0 aliphatic heterocycles. The van der Waals surface area contributed by atoms with E-state index in [4.69, 9.17) is 0 Å². The van der Waals surface area contributed by atoms with E-state index in [-0.39, 0.29) is 11.9 Å². The van der Waals surface area contributed by atoms with Crippen LogP contribution >= 0.6 is 23.1 Å². The van der Waals surface area contributed by atoms with E-state index < -0.39 is 0 Å². The van der Waals surface area contributed by atoms with Crippen molar-refractivity contribution in [3.05, 3.63) is 57.8 Å². The van der Waals surface area contributed by atoms with E-state index in [2.05, 4.69) is 58.1 Å². The number of thioether (sulfide) groups is 1. The molecule has 6 nitrogen and oxygen atoms in total. The maximum atomic E-state index is 12.8. The summed E-state index contributed by atoms with van der Waals surface area (Å²) >= 11 is 3.06. The monoisotopic (exact) mass is 427 g/mol. The first-order valence-electron chi connectivity index (χ1n) is 10.0. The molecule has 1 aliphatic rings. The summed E-state index contributed by atoms with van der Waals surface area (Å²) in [5.74, 6) is 0.271. The van der Waals surface area contributed by atoms with Gasteiger partial charge in [0.15, 0.2) is 0 Å². The topological polar surface area (TPSA) is 72.7 Å². The SMILES string of the molecule is Cc1ccc([C@@H](NC(=O)CSc2nnnn2C2CCCCC2)c2cccs2)cc1. The summed E-state index contributed by atoms with van der Waals surface area (Å²) in [4.78, 5) is 13.9. The Morgan fingerprint density at radius 3 is 2.76 bits per heavy atom. The molecule has 1 aliphatic carbocycles. The van der Waals surface area contributed by atoms with Crippen LogP contribution in [0.5, 0.6) is 0 Å². The molecule has 1 aromatic carbocycles. The molecule has 152 valence electrons. The Morgan fingerprint density at radius 1 is 1.24 bits per heavy atom. The van der Waals surface area contributed by atoms with Crippen molar-refractivity contribution >= 4 is 29.0 Å². The molecular weight excluding hydrogens is 402 g/mol. The van der Waals surface area contributed by atoms with Crippen molar-refractivity contribution < 1.29 is 4.79 Å². The normalized spacial score (nSPS) is 15.9. The van der Waals surface area contributed by atoms with Crippen molar-refractivity contribution in [3.8, 4) is 0 Å². The van der Waals surface area contributed by atoms with E-state index in [1.165, 1.54) is 36.6 Å². The highest BCUT2D eigenvalue weighted by molar-refractivity contribution is 7.99. The summed E-state index contributed by atoms with van der Waals surface area (Å²) in [6, 6.07) is 12.6. The largest absolute Gasteiger partial charge is 0.344 e. The molecule has 2 aromatic heterocycles. The van der Waals surface area contributed by atoms with Gasteiger partial charge in [0.25, 0.3) is 0 Å². The molecule has 3 aromatic rings. The molecule has 0 unspecified atom stereocenters. The van der Waals surface area contributed by atoms with Crippen LogP contribution in [0.25, 0.3) is 0 Å². The van der Waals surface area contributed by atoms with Crippen LogP contribution in [0.3, 0.4) is 0 Å². The Bertz CT molecular complexity index is 917. The van der Waals surface area contributed by atoms with E-state index in [0.717, 1.165) is 28.4 Å². The lowest BCUT2D eigenvalue weighted by Crippen LogP contribution is -2.30. The van der Waals surface area contributed by atoms with Crippen molar-refractivity contribution in [2.24, 2.45) is 0 Å². The number of aryl methyl sites for hydroxylation is 1. The van der Waals surface area contributed by atoms with E-state index in [1.54, 1.807) is 11.3 Å². The highest BCUT2D eigenvalue weighted by Gasteiger charge is 2.22. The second-order valence-electron chi connectivity index (χ2n) is 7.41. The Hall–Kier alpha value is -2.19. The van der Waals surface area contributed by atoms with Crippen LogP contribution < -0.4 is 5.32 Å². The van der Waals surface area contributed by atoms with Gasteiger partial charge in [0.05, 0.1) is 17.8 Å². The number of nitrogens with zero attached hydrogens (tertiary/aromatic N) is 4. The zero-order chi connectivity index (χ0) is 20.1. The number of thiophene rings is 1. The summed E-state index contributed by atoms with van der Waals surface area (Å²) in [7, 11) is 0. The fourth-order valence-electron chi connectivity index (χ4n) is 3.70. The van der Waals surface area contributed by atoms with Crippen LogP contribution in [0.1, 0.15) is 60.2 Å². The number of benzene rings is 1. The number of nitrogens with one attached hydrogen (secondary N) is 1. The number of aromatic nitrogens is 4. The van der Waals surface area contributed by atoms with Gasteiger partial charge in [0, 0.05) is 4.88 Å². The molecule has 1 amide bonds. The number of carbonyl (C=O) groups excluding carboxylic acids is 1. The number of hydrogen-bond acceptors (Lipinski definition) is 6. The van der Waals surface area contributed by atoms with Crippen molar-refractivity contribution in [2.45, 2.75) is 56.3 Å². The molecule has 0 saturated heterocycles. The molecule has 0 spiro atoms. The standard InChI is InChI=1S/C21H25N5OS2/c1-15-9-11-16(12-10-15)20(18-8-5-13-28-18)22-19(27)14-29-21-23-24-25-26(21)17-6-3-2-4-7-17/h5,8-13,17,20H,2-4,6-7,14H2,1H3,(H,22,27)/t20-/m1/s1. The van der Waals surface area contributed by atoms with Crippen molar-refractivity contribution in [2.75, 3.05) is 5.75 Å². The minimum Gasteiger partial charge on any atom is -0.344 e. The Kier molecular flexibility index (Phi) is 6.61. The van der Waals surface area contributed by atoms with E-state index in [0.29, 0.717) is 11.8 Å². The minimum absolute atomic E-state index is 0.0211. The number of amides is 1. The first-order valence-corrected chi connectivity index (χ1v) is 11.9. The summed E-state index contributed by atoms with van der Waals surface area (Å²) in [5, 5.41) is 18.1. The summed E-state index contributed by atoms with van der Waals surface area (Å²) in [5.41, 5.74) is 2.29. The summed E-state index contributed by atoms with van der Waals surface area (Å²) in [6.45, 7) is 2.07. The minimum atomic E-state index is -0.141. The quantitative estimate of drug-likeness (QED) is 0.560. The highest BCUT2D eigenvalue weighted by atomic mass is 32.2. The van der Waals surface area contributed by atoms with Crippen molar-refractivity contribution in [3.63, 3.8) is 0 Å². The fraction of sp³-hybridized carbons (Fsp3) is 0.429. The van der Waals surface area contributed by atoms with Gasteiger partial charge in [-0.15, -0.1) is 16.4 Å². The van der Waals surface area contributed by atoms with Crippen LogP contribution in [0.4, 0.5) is 0 Å². The summed E-state index contributed by atoms with van der Waals surface area (Å²) in [6.07, 6.45) is 5.94. The molecule has 1 saturated carbocycles. The molecule has 2 heterocycles. The first kappa shape index (κ1) is 20.1. The lowest BCUT2D eigenvalue weighted by molar-refractivity contribution is -0.119. The van der Waals surface area contributed by atoms with E-state index in [1.807, 2.05) is 16.1 Å². The molecular formula is C21H25N5OS2. The fourth-order valence-corrected chi connectivity index (χ4v) is 5.26. The van der Waals surface area contributed by atoms with Gasteiger partial charge in [-0.1, -0.05) is 66.9 Å². The predicted octanol–water partition coefficient (Wildman–Crippen LogP) is 4.55. The molecule has 4 rings (SSSR count). The van der Waals surface area contributed by atoms with Crippen molar-refractivity contribution in [1.82, 2.24) is 25.5 Å². The van der Waals surface area contributed by atoms with Gasteiger partial charge >= 0.3 is 0 Å². The predicted molar refractivity (Wildman–Crippen MR) is 116 cm³/mol. The third-order valence-electron chi connectivity index (χ3n) is 5.26. The van der Waals surface area contributed by atoms with E-state index in [9.17, 15) is 4.79 Å². The van der Waals surface area contributed by atoms with Gasteiger partial charge in [0.1, 0.15) is 0 Å².